The third kappa shape index (κ3) is 2.42. The van der Waals surface area contributed by atoms with Crippen molar-refractivity contribution < 1.29 is 13.5 Å². The van der Waals surface area contributed by atoms with Gasteiger partial charge in [0.25, 0.3) is 0 Å². The van der Waals surface area contributed by atoms with Gasteiger partial charge in [-0.1, -0.05) is 6.92 Å². The van der Waals surface area contributed by atoms with Crippen molar-refractivity contribution in [1.82, 2.24) is 14.1 Å². The number of aromatic nitrogens is 2. The van der Waals surface area contributed by atoms with Crippen molar-refractivity contribution in [1.29, 1.82) is 0 Å². The lowest BCUT2D eigenvalue weighted by molar-refractivity contribution is 0.0628. The van der Waals surface area contributed by atoms with Gasteiger partial charge >= 0.3 is 0 Å². The van der Waals surface area contributed by atoms with E-state index in [1.54, 1.807) is 25.6 Å². The molecule has 6 nitrogen and oxygen atoms in total. The number of rotatable bonds is 2. The van der Waals surface area contributed by atoms with Crippen LogP contribution in [-0.4, -0.2) is 46.8 Å². The van der Waals surface area contributed by atoms with E-state index in [9.17, 15) is 13.5 Å². The number of aliphatic hydroxyl groups excluding tert-OH is 1. The van der Waals surface area contributed by atoms with Gasteiger partial charge in [-0.25, -0.2) is 8.42 Å². The molecule has 2 rings (SSSR count). The van der Waals surface area contributed by atoms with Gasteiger partial charge in [0.05, 0.1) is 17.5 Å². The first-order valence-corrected chi connectivity index (χ1v) is 7.87. The Bertz CT molecular complexity index is 579. The van der Waals surface area contributed by atoms with Crippen molar-refractivity contribution in [3.05, 3.63) is 11.4 Å². The third-order valence-corrected chi connectivity index (χ3v) is 5.98. The van der Waals surface area contributed by atoms with Crippen molar-refractivity contribution in [2.75, 3.05) is 13.1 Å². The highest BCUT2D eigenvalue weighted by atomic mass is 32.2. The van der Waals surface area contributed by atoms with Gasteiger partial charge in [-0.2, -0.15) is 9.40 Å². The van der Waals surface area contributed by atoms with E-state index >= 15 is 0 Å². The Balaban J connectivity index is 2.38. The summed E-state index contributed by atoms with van der Waals surface area (Å²) in [7, 11) is -1.78. The molecular formula is C12H21N3O3S. The van der Waals surface area contributed by atoms with Gasteiger partial charge in [-0.05, 0) is 26.2 Å². The Morgan fingerprint density at radius 2 is 2.00 bits per heavy atom. The standard InChI is InChI=1S/C12H21N3O3S/c1-8-7-15(6-5-11(8)16)19(17,18)12-9(2)13-14(4)10(12)3/h8,11,16H,5-7H2,1-4H3. The van der Waals surface area contributed by atoms with Gasteiger partial charge in [0, 0.05) is 20.1 Å². The van der Waals surface area contributed by atoms with E-state index in [0.717, 1.165) is 0 Å². The van der Waals surface area contributed by atoms with Crippen LogP contribution in [-0.2, 0) is 17.1 Å². The molecule has 0 spiro atoms. The maximum Gasteiger partial charge on any atom is 0.246 e. The van der Waals surface area contributed by atoms with Crippen LogP contribution in [0.15, 0.2) is 4.90 Å². The minimum Gasteiger partial charge on any atom is -0.393 e. The number of hydrogen-bond acceptors (Lipinski definition) is 4. The molecule has 7 heteroatoms. The van der Waals surface area contributed by atoms with E-state index in [2.05, 4.69) is 5.10 Å². The van der Waals surface area contributed by atoms with E-state index in [1.165, 1.54) is 4.31 Å². The highest BCUT2D eigenvalue weighted by Crippen LogP contribution is 2.27. The van der Waals surface area contributed by atoms with Crippen molar-refractivity contribution >= 4 is 10.0 Å². The highest BCUT2D eigenvalue weighted by Gasteiger charge is 2.35. The molecule has 1 aromatic rings. The van der Waals surface area contributed by atoms with Gasteiger partial charge in [0.15, 0.2) is 0 Å². The Hall–Kier alpha value is -0.920. The summed E-state index contributed by atoms with van der Waals surface area (Å²) >= 11 is 0. The summed E-state index contributed by atoms with van der Waals surface area (Å²) in [6, 6.07) is 0. The first-order valence-electron chi connectivity index (χ1n) is 6.43. The van der Waals surface area contributed by atoms with E-state index in [4.69, 9.17) is 0 Å². The molecule has 1 saturated heterocycles. The maximum absolute atomic E-state index is 12.7. The van der Waals surface area contributed by atoms with Crippen LogP contribution in [0.4, 0.5) is 0 Å². The Labute approximate surface area is 114 Å². The van der Waals surface area contributed by atoms with Crippen molar-refractivity contribution in [2.45, 2.75) is 38.2 Å². The predicted octanol–water partition coefficient (Wildman–Crippen LogP) is 0.428. The van der Waals surface area contributed by atoms with Crippen LogP contribution in [0.3, 0.4) is 0 Å². The molecule has 0 aliphatic carbocycles. The molecule has 2 unspecified atom stereocenters. The summed E-state index contributed by atoms with van der Waals surface area (Å²) < 4.78 is 28.4. The molecule has 1 aliphatic rings. The van der Waals surface area contributed by atoms with E-state index in [-0.39, 0.29) is 5.92 Å². The van der Waals surface area contributed by atoms with Gasteiger partial charge in [0.1, 0.15) is 4.90 Å². The summed E-state index contributed by atoms with van der Waals surface area (Å²) in [4.78, 5) is 0.304. The molecule has 1 fully saturated rings. The third-order valence-electron chi connectivity index (χ3n) is 3.86. The lowest BCUT2D eigenvalue weighted by atomic mass is 9.99. The van der Waals surface area contributed by atoms with Crippen LogP contribution in [0.25, 0.3) is 0 Å². The molecule has 0 radical (unpaired) electrons. The fourth-order valence-corrected chi connectivity index (χ4v) is 4.52. The maximum atomic E-state index is 12.7. The molecule has 2 heterocycles. The van der Waals surface area contributed by atoms with Crippen LogP contribution in [0.5, 0.6) is 0 Å². The predicted molar refractivity (Wildman–Crippen MR) is 71.2 cm³/mol. The first-order chi connectivity index (χ1) is 8.75. The molecule has 1 aliphatic heterocycles. The number of sulfonamides is 1. The average molecular weight is 287 g/mol. The number of aliphatic hydroxyl groups is 1. The molecule has 19 heavy (non-hydrogen) atoms. The Morgan fingerprint density at radius 1 is 1.37 bits per heavy atom. The fraction of sp³-hybridized carbons (Fsp3) is 0.750. The topological polar surface area (TPSA) is 75.4 Å². The zero-order valence-electron chi connectivity index (χ0n) is 11.8. The van der Waals surface area contributed by atoms with Gasteiger partial charge in [-0.3, -0.25) is 4.68 Å². The van der Waals surface area contributed by atoms with E-state index in [0.29, 0.717) is 35.8 Å². The van der Waals surface area contributed by atoms with Gasteiger partial charge < -0.3 is 5.11 Å². The Morgan fingerprint density at radius 3 is 2.47 bits per heavy atom. The zero-order chi connectivity index (χ0) is 14.4. The zero-order valence-corrected chi connectivity index (χ0v) is 12.6. The highest BCUT2D eigenvalue weighted by molar-refractivity contribution is 7.89. The van der Waals surface area contributed by atoms with E-state index in [1.807, 2.05) is 6.92 Å². The largest absolute Gasteiger partial charge is 0.393 e. The summed E-state index contributed by atoms with van der Waals surface area (Å²) in [5.74, 6) is -0.0409. The molecule has 108 valence electrons. The molecule has 2 atom stereocenters. The van der Waals surface area contributed by atoms with Crippen LogP contribution in [0.2, 0.25) is 0 Å². The average Bonchev–Trinajstić information content (AvgIpc) is 2.57. The van der Waals surface area contributed by atoms with Crippen LogP contribution >= 0.6 is 0 Å². The van der Waals surface area contributed by atoms with Crippen molar-refractivity contribution in [3.8, 4) is 0 Å². The van der Waals surface area contributed by atoms with Crippen LogP contribution in [0.1, 0.15) is 24.7 Å². The summed E-state index contributed by atoms with van der Waals surface area (Å²) in [6.45, 7) is 6.06. The molecule has 0 amide bonds. The summed E-state index contributed by atoms with van der Waals surface area (Å²) in [5.41, 5.74) is 1.18. The minimum atomic E-state index is -3.52. The van der Waals surface area contributed by atoms with Crippen molar-refractivity contribution in [3.63, 3.8) is 0 Å². The monoisotopic (exact) mass is 287 g/mol. The Kier molecular flexibility index (Phi) is 3.72. The molecule has 0 aromatic carbocycles. The normalized spacial score (nSPS) is 25.7. The fourth-order valence-electron chi connectivity index (χ4n) is 2.57. The number of piperidine rings is 1. The second kappa shape index (κ2) is 4.88. The van der Waals surface area contributed by atoms with Gasteiger partial charge in [0.2, 0.25) is 10.0 Å². The number of nitrogens with zero attached hydrogens (tertiary/aromatic N) is 3. The van der Waals surface area contributed by atoms with Crippen LogP contribution < -0.4 is 0 Å². The first kappa shape index (κ1) is 14.5. The van der Waals surface area contributed by atoms with Crippen molar-refractivity contribution in [2.24, 2.45) is 13.0 Å². The van der Waals surface area contributed by atoms with E-state index < -0.39 is 16.1 Å². The molecule has 0 saturated carbocycles. The summed E-state index contributed by atoms with van der Waals surface area (Å²) in [5, 5.41) is 13.9. The smallest absolute Gasteiger partial charge is 0.246 e. The lowest BCUT2D eigenvalue weighted by Crippen LogP contribution is -2.45. The molecule has 1 N–H and O–H groups in total. The number of hydrogen-bond donors (Lipinski definition) is 1. The second-order valence-electron chi connectivity index (χ2n) is 5.32. The minimum absolute atomic E-state index is 0.0409. The lowest BCUT2D eigenvalue weighted by Gasteiger charge is -2.33. The molecule has 0 bridgehead atoms. The quantitative estimate of drug-likeness (QED) is 0.856. The molecule has 1 aromatic heterocycles. The van der Waals surface area contributed by atoms with Crippen LogP contribution in [0, 0.1) is 19.8 Å². The van der Waals surface area contributed by atoms with Gasteiger partial charge in [-0.15, -0.1) is 0 Å². The summed E-state index contributed by atoms with van der Waals surface area (Å²) in [6.07, 6.45) is 0.0706. The number of aryl methyl sites for hydroxylation is 2. The SMILES string of the molecule is Cc1nn(C)c(C)c1S(=O)(=O)N1CCC(O)C(C)C1. The second-order valence-corrected chi connectivity index (χ2v) is 7.19. The molecular weight excluding hydrogens is 266 g/mol.